The number of fused-ring (bicyclic) bond motifs is 1. The van der Waals surface area contributed by atoms with Gasteiger partial charge in [0, 0.05) is 17.1 Å². The number of carboxylic acid groups (broad SMARTS) is 1. The Kier molecular flexibility index (Phi) is 3.15. The molecule has 4 nitrogen and oxygen atoms in total. The lowest BCUT2D eigenvalue weighted by Gasteiger charge is -1.96. The Morgan fingerprint density at radius 3 is 2.80 bits per heavy atom. The van der Waals surface area contributed by atoms with Crippen molar-refractivity contribution in [3.63, 3.8) is 0 Å². The third-order valence-electron chi connectivity index (χ3n) is 2.62. The van der Waals surface area contributed by atoms with E-state index in [1.807, 2.05) is 30.3 Å². The van der Waals surface area contributed by atoms with E-state index in [9.17, 15) is 4.79 Å². The number of carbonyl (C=O) groups is 1. The van der Waals surface area contributed by atoms with Gasteiger partial charge in [0.15, 0.2) is 5.01 Å². The molecule has 0 atom stereocenters. The molecule has 0 aliphatic carbocycles. The smallest absolute Gasteiger partial charge is 0.347 e. The number of aromatic nitrogens is 2. The zero-order valence-corrected chi connectivity index (χ0v) is 11.0. The van der Waals surface area contributed by atoms with Gasteiger partial charge >= 0.3 is 5.97 Å². The Bertz CT molecular complexity index is 859. The van der Waals surface area contributed by atoms with Crippen molar-refractivity contribution in [3.8, 4) is 11.8 Å². The quantitative estimate of drug-likeness (QED) is 0.696. The maximum Gasteiger partial charge on any atom is 0.347 e. The van der Waals surface area contributed by atoms with Crippen LogP contribution >= 0.6 is 11.3 Å². The number of aromatic carboxylic acids is 1. The number of carboxylic acids is 1. The summed E-state index contributed by atoms with van der Waals surface area (Å²) < 4.78 is 0. The Morgan fingerprint density at radius 1 is 1.15 bits per heavy atom. The Balaban J connectivity index is 1.92. The molecule has 0 saturated carbocycles. The van der Waals surface area contributed by atoms with E-state index in [1.54, 1.807) is 6.20 Å². The highest BCUT2D eigenvalue weighted by molar-refractivity contribution is 7.14. The van der Waals surface area contributed by atoms with Gasteiger partial charge in [0.05, 0.1) is 11.7 Å². The van der Waals surface area contributed by atoms with Crippen LogP contribution in [0.15, 0.2) is 42.7 Å². The van der Waals surface area contributed by atoms with E-state index in [-0.39, 0.29) is 4.88 Å². The normalized spacial score (nSPS) is 10.0. The predicted molar refractivity (Wildman–Crippen MR) is 76.8 cm³/mol. The molecule has 0 aliphatic heterocycles. The summed E-state index contributed by atoms with van der Waals surface area (Å²) in [7, 11) is 0. The summed E-state index contributed by atoms with van der Waals surface area (Å²) in [6, 6.07) is 9.73. The molecule has 0 radical (unpaired) electrons. The predicted octanol–water partition coefficient (Wildman–Crippen LogP) is 2.79. The minimum atomic E-state index is -0.983. The first-order valence-electron chi connectivity index (χ1n) is 5.78. The monoisotopic (exact) mass is 280 g/mol. The number of hydrogen-bond donors (Lipinski definition) is 1. The van der Waals surface area contributed by atoms with E-state index in [2.05, 4.69) is 21.8 Å². The molecule has 0 fully saturated rings. The average molecular weight is 280 g/mol. The minimum absolute atomic E-state index is 0.186. The van der Waals surface area contributed by atoms with Gasteiger partial charge < -0.3 is 5.11 Å². The molecule has 5 heteroatoms. The van der Waals surface area contributed by atoms with Crippen molar-refractivity contribution in [2.24, 2.45) is 0 Å². The Labute approximate surface area is 118 Å². The van der Waals surface area contributed by atoms with Gasteiger partial charge in [-0.2, -0.15) is 0 Å². The molecule has 0 aliphatic rings. The summed E-state index contributed by atoms with van der Waals surface area (Å²) in [4.78, 5) is 19.2. The fourth-order valence-corrected chi connectivity index (χ4v) is 2.30. The fourth-order valence-electron chi connectivity index (χ4n) is 1.70. The van der Waals surface area contributed by atoms with Crippen molar-refractivity contribution in [2.45, 2.75) is 0 Å². The standard InChI is InChI=1S/C15H8N2O2S/c18-15(19)13-9-17-14(20-13)6-5-10-7-11-3-1-2-4-12(11)16-8-10/h1-4,7-9H,(H,18,19). The lowest BCUT2D eigenvalue weighted by atomic mass is 10.2. The third-order valence-corrected chi connectivity index (χ3v) is 3.52. The Hall–Kier alpha value is -2.71. The van der Waals surface area contributed by atoms with Crippen molar-refractivity contribution in [1.82, 2.24) is 9.97 Å². The Morgan fingerprint density at radius 2 is 2.00 bits per heavy atom. The largest absolute Gasteiger partial charge is 0.477 e. The molecule has 3 rings (SSSR count). The van der Waals surface area contributed by atoms with Crippen LogP contribution in [0.25, 0.3) is 10.9 Å². The number of thiazole rings is 1. The minimum Gasteiger partial charge on any atom is -0.477 e. The van der Waals surface area contributed by atoms with Gasteiger partial charge in [0.25, 0.3) is 0 Å². The lowest BCUT2D eigenvalue weighted by molar-refractivity contribution is 0.0702. The van der Waals surface area contributed by atoms with Gasteiger partial charge in [0.1, 0.15) is 4.88 Å². The van der Waals surface area contributed by atoms with Gasteiger partial charge in [-0.05, 0) is 18.1 Å². The van der Waals surface area contributed by atoms with E-state index in [4.69, 9.17) is 5.11 Å². The molecule has 2 aromatic heterocycles. The summed E-state index contributed by atoms with van der Waals surface area (Å²) in [6.07, 6.45) is 3.01. The number of pyridine rings is 1. The van der Waals surface area contributed by atoms with Gasteiger partial charge in [-0.15, -0.1) is 0 Å². The number of benzene rings is 1. The summed E-state index contributed by atoms with van der Waals surface area (Å²) in [5, 5.41) is 10.3. The summed E-state index contributed by atoms with van der Waals surface area (Å²) in [5.74, 6) is 4.82. The van der Waals surface area contributed by atoms with Crippen molar-refractivity contribution >= 4 is 28.2 Å². The molecule has 3 aromatic rings. The van der Waals surface area contributed by atoms with Crippen molar-refractivity contribution in [1.29, 1.82) is 0 Å². The molecule has 0 spiro atoms. The van der Waals surface area contributed by atoms with Crippen LogP contribution in [-0.2, 0) is 0 Å². The molecule has 2 heterocycles. The first kappa shape index (κ1) is 12.3. The molecule has 96 valence electrons. The zero-order valence-electron chi connectivity index (χ0n) is 10.2. The number of rotatable bonds is 1. The third kappa shape index (κ3) is 2.51. The average Bonchev–Trinajstić information content (AvgIpc) is 2.94. The summed E-state index contributed by atoms with van der Waals surface area (Å²) in [6.45, 7) is 0. The molecule has 0 amide bonds. The van der Waals surface area contributed by atoms with Gasteiger partial charge in [-0.1, -0.05) is 35.5 Å². The topological polar surface area (TPSA) is 63.1 Å². The SMILES string of the molecule is O=C(O)c1cnc(C#Cc2cnc3ccccc3c2)s1. The van der Waals surface area contributed by atoms with Gasteiger partial charge in [-0.25, -0.2) is 9.78 Å². The van der Waals surface area contributed by atoms with Gasteiger partial charge in [-0.3, -0.25) is 4.98 Å². The van der Waals surface area contributed by atoms with Crippen LogP contribution in [0.2, 0.25) is 0 Å². The zero-order chi connectivity index (χ0) is 13.9. The molecule has 0 bridgehead atoms. The highest BCUT2D eigenvalue weighted by atomic mass is 32.1. The maximum atomic E-state index is 10.7. The van der Waals surface area contributed by atoms with Crippen LogP contribution < -0.4 is 0 Å². The van der Waals surface area contributed by atoms with E-state index >= 15 is 0 Å². The van der Waals surface area contributed by atoms with Crippen LogP contribution in [0.4, 0.5) is 0 Å². The van der Waals surface area contributed by atoms with Gasteiger partial charge in [0.2, 0.25) is 0 Å². The van der Waals surface area contributed by atoms with E-state index < -0.39 is 5.97 Å². The highest BCUT2D eigenvalue weighted by Gasteiger charge is 2.06. The molecular formula is C15H8N2O2S. The summed E-state index contributed by atoms with van der Waals surface area (Å²) in [5.41, 5.74) is 1.69. The molecule has 1 N–H and O–H groups in total. The summed E-state index contributed by atoms with van der Waals surface area (Å²) >= 11 is 1.06. The second kappa shape index (κ2) is 5.11. The first-order chi connectivity index (χ1) is 9.72. The second-order valence-corrected chi connectivity index (χ2v) is 5.03. The highest BCUT2D eigenvalue weighted by Crippen LogP contribution is 2.13. The molecule has 0 unspecified atom stereocenters. The van der Waals surface area contributed by atoms with Crippen molar-refractivity contribution in [3.05, 3.63) is 58.2 Å². The molecular weight excluding hydrogens is 272 g/mol. The fraction of sp³-hybridized carbons (Fsp3) is 0. The molecule has 20 heavy (non-hydrogen) atoms. The maximum absolute atomic E-state index is 10.7. The van der Waals surface area contributed by atoms with E-state index in [1.165, 1.54) is 6.20 Å². The second-order valence-electron chi connectivity index (χ2n) is 4.00. The molecule has 1 aromatic carbocycles. The number of nitrogens with zero attached hydrogens (tertiary/aromatic N) is 2. The van der Waals surface area contributed by atoms with Crippen LogP contribution in [0.5, 0.6) is 0 Å². The van der Waals surface area contributed by atoms with Crippen LogP contribution in [0.1, 0.15) is 20.2 Å². The molecule has 0 saturated heterocycles. The van der Waals surface area contributed by atoms with Crippen LogP contribution in [0, 0.1) is 11.8 Å². The van der Waals surface area contributed by atoms with Crippen LogP contribution in [-0.4, -0.2) is 21.0 Å². The van der Waals surface area contributed by atoms with Crippen LogP contribution in [0.3, 0.4) is 0 Å². The number of para-hydroxylation sites is 1. The van der Waals surface area contributed by atoms with Crippen molar-refractivity contribution in [2.75, 3.05) is 0 Å². The van der Waals surface area contributed by atoms with E-state index in [0.717, 1.165) is 27.8 Å². The lowest BCUT2D eigenvalue weighted by Crippen LogP contribution is -1.89. The first-order valence-corrected chi connectivity index (χ1v) is 6.60. The number of hydrogen-bond acceptors (Lipinski definition) is 4. The van der Waals surface area contributed by atoms with Crippen molar-refractivity contribution < 1.29 is 9.90 Å². The van der Waals surface area contributed by atoms with E-state index in [0.29, 0.717) is 5.01 Å².